The van der Waals surface area contributed by atoms with E-state index >= 15 is 0 Å². The Hall–Kier alpha value is -1.33. The van der Waals surface area contributed by atoms with Crippen LogP contribution in [0.2, 0.25) is 0 Å². The molecule has 0 aliphatic carbocycles. The summed E-state index contributed by atoms with van der Waals surface area (Å²) in [5.74, 6) is -8.34. The number of thioether (sulfide) groups is 1. The Morgan fingerprint density at radius 1 is 1.30 bits per heavy atom. The van der Waals surface area contributed by atoms with Gasteiger partial charge in [-0.1, -0.05) is 6.07 Å². The smallest absolute Gasteiger partial charge is 0.431 e. The molecule has 8 nitrogen and oxygen atoms in total. The van der Waals surface area contributed by atoms with Crippen molar-refractivity contribution in [3.05, 3.63) is 27.3 Å². The zero-order valence-electron chi connectivity index (χ0n) is 16.3. The molecule has 1 N–H and O–H groups in total. The molecule has 1 aromatic carbocycles. The Labute approximate surface area is 202 Å². The van der Waals surface area contributed by atoms with Crippen molar-refractivity contribution in [2.75, 3.05) is 6.61 Å². The number of hydrogen-bond donors (Lipinski definition) is 1. The van der Waals surface area contributed by atoms with Crippen LogP contribution in [0.5, 0.6) is 5.75 Å². The van der Waals surface area contributed by atoms with Gasteiger partial charge in [-0.05, 0) is 41.1 Å². The second kappa shape index (κ2) is 8.12. The number of hydrogen-bond acceptors (Lipinski definition) is 8. The van der Waals surface area contributed by atoms with Gasteiger partial charge in [0.2, 0.25) is 0 Å². The molecule has 4 atom stereocenters. The lowest BCUT2D eigenvalue weighted by atomic mass is 9.84. The third-order valence-corrected chi connectivity index (χ3v) is 9.24. The summed E-state index contributed by atoms with van der Waals surface area (Å²) in [6.45, 7) is -1.18. The highest BCUT2D eigenvalue weighted by Gasteiger charge is 2.66. The largest absolute Gasteiger partial charge is 0.465 e. The molecule has 3 heterocycles. The van der Waals surface area contributed by atoms with E-state index in [1.54, 1.807) is 18.2 Å². The topological polar surface area (TPSA) is 116 Å². The molecular formula is C18H15F4IO8S2. The molecule has 0 saturated carbocycles. The van der Waals surface area contributed by atoms with Crippen molar-refractivity contribution in [3.8, 4) is 5.75 Å². The first kappa shape index (κ1) is 24.8. The van der Waals surface area contributed by atoms with Gasteiger partial charge >= 0.3 is 33.2 Å². The molecule has 4 unspecified atom stereocenters. The van der Waals surface area contributed by atoms with Crippen LogP contribution in [0.4, 0.5) is 17.6 Å². The first-order valence-electron chi connectivity index (χ1n) is 9.44. The Morgan fingerprint density at radius 3 is 2.61 bits per heavy atom. The fraction of sp³-hybridized carbons (Fsp3) is 0.556. The van der Waals surface area contributed by atoms with Crippen LogP contribution in [-0.2, 0) is 24.4 Å². The van der Waals surface area contributed by atoms with E-state index in [1.165, 1.54) is 11.8 Å². The third kappa shape index (κ3) is 4.07. The molecule has 15 heteroatoms. The number of rotatable bonds is 6. The Bertz CT molecular complexity index is 1110. The summed E-state index contributed by atoms with van der Waals surface area (Å²) in [7, 11) is -6.36. The molecular weight excluding hydrogens is 611 g/mol. The van der Waals surface area contributed by atoms with E-state index in [0.717, 1.165) is 0 Å². The number of fused-ring (bicyclic) bond motifs is 4. The average molecular weight is 626 g/mol. The van der Waals surface area contributed by atoms with Crippen LogP contribution in [0.1, 0.15) is 29.6 Å². The number of ether oxygens (including phenoxy) is 3. The van der Waals surface area contributed by atoms with Gasteiger partial charge in [-0.2, -0.15) is 26.0 Å². The normalized spacial score (nSPS) is 28.9. The minimum absolute atomic E-state index is 0.135. The van der Waals surface area contributed by atoms with Crippen molar-refractivity contribution < 1.29 is 54.3 Å². The van der Waals surface area contributed by atoms with Crippen LogP contribution in [0, 0.1) is 9.49 Å². The predicted octanol–water partition coefficient (Wildman–Crippen LogP) is 3.48. The van der Waals surface area contributed by atoms with E-state index in [1.807, 2.05) is 22.6 Å². The van der Waals surface area contributed by atoms with Crippen LogP contribution < -0.4 is 4.74 Å². The molecule has 4 rings (SSSR count). The van der Waals surface area contributed by atoms with E-state index < -0.39 is 68.5 Å². The number of alkyl halides is 4. The number of esters is 2. The van der Waals surface area contributed by atoms with Crippen LogP contribution >= 0.6 is 34.4 Å². The fourth-order valence-electron chi connectivity index (χ4n) is 4.02. The minimum Gasteiger partial charge on any atom is -0.465 e. The molecule has 3 aliphatic heterocycles. The van der Waals surface area contributed by atoms with E-state index in [9.17, 15) is 35.6 Å². The molecule has 1 aromatic rings. The van der Waals surface area contributed by atoms with E-state index in [4.69, 9.17) is 18.8 Å². The molecule has 33 heavy (non-hydrogen) atoms. The Morgan fingerprint density at radius 2 is 2.00 bits per heavy atom. The van der Waals surface area contributed by atoms with E-state index in [0.29, 0.717) is 14.9 Å². The van der Waals surface area contributed by atoms with Gasteiger partial charge < -0.3 is 14.2 Å². The zero-order valence-corrected chi connectivity index (χ0v) is 20.1. The standard InChI is InChI=1S/C18H15F4IO8S2/c19-17(20,18(21,22)33(26,27)28)4-5-29-14(24)8-6-12-16(7-11(8)32-12)30-10-3-1-2-9(23)13(10)15(25)31-16/h1-3,8,11-12H,4-7H2,(H,26,27,28). The minimum atomic E-state index is -6.36. The molecule has 0 amide bonds. The van der Waals surface area contributed by atoms with Crippen molar-refractivity contribution >= 4 is 56.4 Å². The lowest BCUT2D eigenvalue weighted by Crippen LogP contribution is -2.53. The molecule has 0 aromatic heterocycles. The maximum Gasteiger partial charge on any atom is 0.431 e. The number of halogens is 5. The van der Waals surface area contributed by atoms with Gasteiger partial charge in [-0.3, -0.25) is 9.35 Å². The average Bonchev–Trinajstić information content (AvgIpc) is 3.24. The van der Waals surface area contributed by atoms with Crippen molar-refractivity contribution in [1.29, 1.82) is 0 Å². The second-order valence-corrected chi connectivity index (χ2v) is 11.8. The maximum absolute atomic E-state index is 13.5. The first-order valence-corrected chi connectivity index (χ1v) is 12.9. The van der Waals surface area contributed by atoms with Crippen LogP contribution in [0.3, 0.4) is 0 Å². The third-order valence-electron chi connectivity index (χ3n) is 5.67. The van der Waals surface area contributed by atoms with Crippen molar-refractivity contribution in [1.82, 2.24) is 0 Å². The van der Waals surface area contributed by atoms with Gasteiger partial charge in [0.1, 0.15) is 11.3 Å². The van der Waals surface area contributed by atoms with Gasteiger partial charge in [-0.25, -0.2) is 4.79 Å². The highest BCUT2D eigenvalue weighted by Crippen LogP contribution is 2.58. The number of benzene rings is 1. The molecule has 0 radical (unpaired) electrons. The summed E-state index contributed by atoms with van der Waals surface area (Å²) in [4.78, 5) is 24.9. The predicted molar refractivity (Wildman–Crippen MR) is 113 cm³/mol. The summed E-state index contributed by atoms with van der Waals surface area (Å²) >= 11 is 3.29. The van der Waals surface area contributed by atoms with Gasteiger partial charge in [0.25, 0.3) is 5.79 Å². The highest BCUT2D eigenvalue weighted by atomic mass is 127. The van der Waals surface area contributed by atoms with Crippen molar-refractivity contribution in [2.45, 2.75) is 46.7 Å². The molecule has 2 bridgehead atoms. The number of carbonyl (C=O) groups excluding carboxylic acids is 2. The zero-order chi connectivity index (χ0) is 24.4. The molecule has 1 spiro atoms. The lowest BCUT2D eigenvalue weighted by Gasteiger charge is -2.40. The lowest BCUT2D eigenvalue weighted by molar-refractivity contribution is -0.180. The van der Waals surface area contributed by atoms with Crippen LogP contribution in [0.25, 0.3) is 0 Å². The number of carbonyl (C=O) groups is 2. The van der Waals surface area contributed by atoms with Crippen molar-refractivity contribution in [2.24, 2.45) is 5.92 Å². The Kier molecular flexibility index (Phi) is 6.10. The summed E-state index contributed by atoms with van der Waals surface area (Å²) < 4.78 is 99.9. The fourth-order valence-corrected chi connectivity index (χ4v) is 7.07. The highest BCUT2D eigenvalue weighted by molar-refractivity contribution is 14.1. The molecule has 3 aliphatic rings. The van der Waals surface area contributed by atoms with Crippen molar-refractivity contribution in [3.63, 3.8) is 0 Å². The van der Waals surface area contributed by atoms with E-state index in [-0.39, 0.29) is 12.8 Å². The van der Waals surface area contributed by atoms with Gasteiger partial charge in [0.05, 0.1) is 24.2 Å². The summed E-state index contributed by atoms with van der Waals surface area (Å²) in [6, 6.07) is 5.07. The summed E-state index contributed by atoms with van der Waals surface area (Å²) in [6.07, 6.45) is -1.53. The molecule has 2 saturated heterocycles. The second-order valence-electron chi connectivity index (χ2n) is 7.74. The summed E-state index contributed by atoms with van der Waals surface area (Å²) in [5, 5.41) is -6.60. The molecule has 2 fully saturated rings. The van der Waals surface area contributed by atoms with Gasteiger partial charge in [-0.15, -0.1) is 11.8 Å². The summed E-state index contributed by atoms with van der Waals surface area (Å²) in [5.41, 5.74) is 0.301. The van der Waals surface area contributed by atoms with Gasteiger partial charge in [0.15, 0.2) is 0 Å². The van der Waals surface area contributed by atoms with E-state index in [2.05, 4.69) is 0 Å². The SMILES string of the molecule is O=C1OC2(CC3SC2CC3C(=O)OCCC(F)(F)C(F)(F)S(=O)(=O)O)Oc2cccc(I)c21. The van der Waals surface area contributed by atoms with Crippen LogP contribution in [-0.4, -0.2) is 59.0 Å². The first-order chi connectivity index (χ1) is 15.2. The van der Waals surface area contributed by atoms with Crippen LogP contribution in [0.15, 0.2) is 18.2 Å². The van der Waals surface area contributed by atoms with Gasteiger partial charge in [0, 0.05) is 15.2 Å². The quantitative estimate of drug-likeness (QED) is 0.219. The maximum atomic E-state index is 13.5. The Balaban J connectivity index is 1.37. The molecule has 182 valence electrons. The monoisotopic (exact) mass is 626 g/mol.